The van der Waals surface area contributed by atoms with Gasteiger partial charge < -0.3 is 15.0 Å². The number of likely N-dealkylation sites (tertiary alicyclic amines) is 1. The summed E-state index contributed by atoms with van der Waals surface area (Å²) in [7, 11) is 0. The van der Waals surface area contributed by atoms with Crippen LogP contribution in [0.5, 0.6) is 0 Å². The number of halogens is 1. The van der Waals surface area contributed by atoms with Gasteiger partial charge in [-0.3, -0.25) is 0 Å². The summed E-state index contributed by atoms with van der Waals surface area (Å²) in [6.45, 7) is 13.0. The largest absolute Gasteiger partial charge is 0.444 e. The summed E-state index contributed by atoms with van der Waals surface area (Å²) in [5, 5.41) is 3.64. The first kappa shape index (κ1) is 20.1. The number of amides is 1. The molecule has 0 aliphatic carbocycles. The SMILES string of the molecule is Cc1cc(Br)cc(C)c1NC(C)CC1CCCN1C(=O)OC(C)(C)C. The van der Waals surface area contributed by atoms with Gasteiger partial charge in [-0.25, -0.2) is 4.79 Å². The van der Waals surface area contributed by atoms with Crippen LogP contribution in [0.15, 0.2) is 16.6 Å². The summed E-state index contributed by atoms with van der Waals surface area (Å²) in [5.74, 6) is 0. The first-order valence-corrected chi connectivity index (χ1v) is 9.89. The Hall–Kier alpha value is -1.23. The van der Waals surface area contributed by atoms with Gasteiger partial charge in [0.25, 0.3) is 0 Å². The Morgan fingerprint density at radius 3 is 2.52 bits per heavy atom. The van der Waals surface area contributed by atoms with Crippen molar-refractivity contribution in [2.75, 3.05) is 11.9 Å². The minimum Gasteiger partial charge on any atom is -0.444 e. The number of nitrogens with zero attached hydrogens (tertiary/aromatic N) is 1. The number of carbonyl (C=O) groups is 1. The number of anilines is 1. The van der Waals surface area contributed by atoms with Gasteiger partial charge in [-0.15, -0.1) is 0 Å². The van der Waals surface area contributed by atoms with Crippen LogP contribution in [0.2, 0.25) is 0 Å². The van der Waals surface area contributed by atoms with Gasteiger partial charge in [-0.05, 0) is 84.1 Å². The van der Waals surface area contributed by atoms with Crippen molar-refractivity contribution in [2.24, 2.45) is 0 Å². The Kier molecular flexibility index (Phi) is 6.41. The molecule has 1 aromatic carbocycles. The van der Waals surface area contributed by atoms with Gasteiger partial charge in [0.1, 0.15) is 5.60 Å². The smallest absolute Gasteiger partial charge is 0.410 e. The van der Waals surface area contributed by atoms with E-state index in [4.69, 9.17) is 4.74 Å². The van der Waals surface area contributed by atoms with Gasteiger partial charge in [0.2, 0.25) is 0 Å². The highest BCUT2D eigenvalue weighted by atomic mass is 79.9. The van der Waals surface area contributed by atoms with Crippen LogP contribution >= 0.6 is 15.9 Å². The van der Waals surface area contributed by atoms with E-state index in [1.54, 1.807) is 0 Å². The first-order valence-electron chi connectivity index (χ1n) is 9.09. The molecule has 4 nitrogen and oxygen atoms in total. The Balaban J connectivity index is 2.00. The van der Waals surface area contributed by atoms with Gasteiger partial charge in [-0.1, -0.05) is 15.9 Å². The second-order valence-corrected chi connectivity index (χ2v) is 9.08. The topological polar surface area (TPSA) is 41.6 Å². The van der Waals surface area contributed by atoms with Gasteiger partial charge in [0.05, 0.1) is 0 Å². The molecular formula is C20H31BrN2O2. The summed E-state index contributed by atoms with van der Waals surface area (Å²) in [6, 6.07) is 4.79. The minimum atomic E-state index is -0.445. The fourth-order valence-electron chi connectivity index (χ4n) is 3.49. The fourth-order valence-corrected chi connectivity index (χ4v) is 4.18. The lowest BCUT2D eigenvalue weighted by atomic mass is 10.0. The average Bonchev–Trinajstić information content (AvgIpc) is 2.89. The highest BCUT2D eigenvalue weighted by Crippen LogP contribution is 2.28. The normalized spacial score (nSPS) is 19.0. The van der Waals surface area contributed by atoms with Crippen molar-refractivity contribution >= 4 is 27.7 Å². The average molecular weight is 411 g/mol. The monoisotopic (exact) mass is 410 g/mol. The van der Waals surface area contributed by atoms with Crippen LogP contribution in [0.1, 0.15) is 58.1 Å². The lowest BCUT2D eigenvalue weighted by Gasteiger charge is -2.30. The van der Waals surface area contributed by atoms with E-state index in [0.717, 1.165) is 30.3 Å². The van der Waals surface area contributed by atoms with Crippen LogP contribution in [0.4, 0.5) is 10.5 Å². The van der Waals surface area contributed by atoms with E-state index in [9.17, 15) is 4.79 Å². The number of ether oxygens (including phenoxy) is 1. The Bertz CT molecular complexity index is 602. The summed E-state index contributed by atoms with van der Waals surface area (Å²) >= 11 is 3.55. The second-order valence-electron chi connectivity index (χ2n) is 8.17. The molecular weight excluding hydrogens is 380 g/mol. The number of hydrogen-bond donors (Lipinski definition) is 1. The predicted molar refractivity (Wildman–Crippen MR) is 107 cm³/mol. The van der Waals surface area contributed by atoms with Crippen LogP contribution in [0.3, 0.4) is 0 Å². The molecule has 0 saturated carbocycles. The molecule has 1 aliphatic heterocycles. The van der Waals surface area contributed by atoms with Crippen LogP contribution in [-0.2, 0) is 4.74 Å². The van der Waals surface area contributed by atoms with Crippen molar-refractivity contribution in [3.63, 3.8) is 0 Å². The van der Waals surface area contributed by atoms with E-state index < -0.39 is 5.60 Å². The van der Waals surface area contributed by atoms with Crippen molar-refractivity contribution in [2.45, 2.75) is 78.5 Å². The van der Waals surface area contributed by atoms with E-state index in [1.165, 1.54) is 16.8 Å². The van der Waals surface area contributed by atoms with Gasteiger partial charge in [0.15, 0.2) is 0 Å². The second kappa shape index (κ2) is 7.98. The standard InChI is InChI=1S/C20H31BrN2O2/c1-13-10-16(21)11-14(2)18(13)22-15(3)12-17-8-7-9-23(17)19(24)25-20(4,5)6/h10-11,15,17,22H,7-9,12H2,1-6H3. The lowest BCUT2D eigenvalue weighted by Crippen LogP contribution is -2.41. The number of carbonyl (C=O) groups excluding carboxylic acids is 1. The number of benzene rings is 1. The number of aryl methyl sites for hydroxylation is 2. The Morgan fingerprint density at radius 2 is 1.96 bits per heavy atom. The highest BCUT2D eigenvalue weighted by molar-refractivity contribution is 9.10. The highest BCUT2D eigenvalue weighted by Gasteiger charge is 2.33. The van der Waals surface area contributed by atoms with Crippen molar-refractivity contribution in [1.82, 2.24) is 4.90 Å². The zero-order valence-electron chi connectivity index (χ0n) is 16.3. The maximum absolute atomic E-state index is 12.4. The van der Waals surface area contributed by atoms with Crippen LogP contribution in [0.25, 0.3) is 0 Å². The molecule has 2 rings (SSSR count). The van der Waals surface area contributed by atoms with E-state index >= 15 is 0 Å². The molecule has 0 spiro atoms. The molecule has 1 heterocycles. The third-order valence-corrected chi connectivity index (χ3v) is 4.98. The first-order chi connectivity index (χ1) is 11.6. The maximum Gasteiger partial charge on any atom is 0.410 e. The van der Waals surface area contributed by atoms with E-state index in [-0.39, 0.29) is 18.2 Å². The van der Waals surface area contributed by atoms with Crippen LogP contribution in [0, 0.1) is 13.8 Å². The summed E-state index contributed by atoms with van der Waals surface area (Å²) in [4.78, 5) is 14.3. The molecule has 1 saturated heterocycles. The maximum atomic E-state index is 12.4. The van der Waals surface area contributed by atoms with Gasteiger partial charge in [0, 0.05) is 28.8 Å². The molecule has 1 amide bonds. The molecule has 2 atom stereocenters. The fraction of sp³-hybridized carbons (Fsp3) is 0.650. The molecule has 1 N–H and O–H groups in total. The summed E-state index contributed by atoms with van der Waals surface area (Å²) in [5.41, 5.74) is 3.21. The molecule has 5 heteroatoms. The molecule has 1 aromatic rings. The lowest BCUT2D eigenvalue weighted by molar-refractivity contribution is 0.0218. The van der Waals surface area contributed by atoms with Gasteiger partial charge >= 0.3 is 6.09 Å². The molecule has 0 bridgehead atoms. The zero-order chi connectivity index (χ0) is 18.8. The number of rotatable bonds is 4. The third-order valence-electron chi connectivity index (χ3n) is 4.52. The number of hydrogen-bond acceptors (Lipinski definition) is 3. The molecule has 2 unspecified atom stereocenters. The predicted octanol–water partition coefficient (Wildman–Crippen LogP) is 5.66. The minimum absolute atomic E-state index is 0.182. The van der Waals surface area contributed by atoms with E-state index in [0.29, 0.717) is 0 Å². The third kappa shape index (κ3) is 5.63. The molecule has 1 aliphatic rings. The van der Waals surface area contributed by atoms with E-state index in [1.807, 2.05) is 25.7 Å². The quantitative estimate of drug-likeness (QED) is 0.696. The van der Waals surface area contributed by atoms with E-state index in [2.05, 4.69) is 54.2 Å². The summed E-state index contributed by atoms with van der Waals surface area (Å²) in [6.07, 6.45) is 2.84. The van der Waals surface area contributed by atoms with Gasteiger partial charge in [-0.2, -0.15) is 0 Å². The van der Waals surface area contributed by atoms with Crippen LogP contribution in [-0.4, -0.2) is 35.2 Å². The zero-order valence-corrected chi connectivity index (χ0v) is 17.9. The molecule has 25 heavy (non-hydrogen) atoms. The van der Waals surface area contributed by atoms with Crippen LogP contribution < -0.4 is 5.32 Å². The van der Waals surface area contributed by atoms with Crippen molar-refractivity contribution in [3.05, 3.63) is 27.7 Å². The number of nitrogens with one attached hydrogen (secondary N) is 1. The Morgan fingerprint density at radius 1 is 1.36 bits per heavy atom. The van der Waals surface area contributed by atoms with Crippen molar-refractivity contribution in [1.29, 1.82) is 0 Å². The van der Waals surface area contributed by atoms with Crippen molar-refractivity contribution in [3.8, 4) is 0 Å². The summed E-state index contributed by atoms with van der Waals surface area (Å²) < 4.78 is 6.67. The molecule has 0 aromatic heterocycles. The molecule has 0 radical (unpaired) electrons. The van der Waals surface area contributed by atoms with Crippen molar-refractivity contribution < 1.29 is 9.53 Å². The molecule has 1 fully saturated rings. The Labute approximate surface area is 160 Å². The molecule has 140 valence electrons.